The van der Waals surface area contributed by atoms with Gasteiger partial charge in [0.25, 0.3) is 0 Å². The molecule has 0 saturated carbocycles. The highest BCUT2D eigenvalue weighted by Crippen LogP contribution is 2.39. The number of hydrogen-bond donors (Lipinski definition) is 1. The minimum atomic E-state index is -0.495. The molecule has 2 aromatic rings. The number of esters is 1. The number of thioether (sulfide) groups is 1. The predicted octanol–water partition coefficient (Wildman–Crippen LogP) is 4.82. The summed E-state index contributed by atoms with van der Waals surface area (Å²) in [5.41, 5.74) is 2.01. The number of nitrogens with one attached hydrogen (secondary N) is 1. The van der Waals surface area contributed by atoms with Crippen LogP contribution in [0, 0.1) is 0 Å². The van der Waals surface area contributed by atoms with Gasteiger partial charge in [-0.15, -0.1) is 5.10 Å². The van der Waals surface area contributed by atoms with Gasteiger partial charge in [0, 0.05) is 11.4 Å². The van der Waals surface area contributed by atoms with Crippen molar-refractivity contribution in [2.24, 2.45) is 0 Å². The quantitative estimate of drug-likeness (QED) is 0.290. The molecular weight excluding hydrogens is 428 g/mol. The van der Waals surface area contributed by atoms with E-state index >= 15 is 0 Å². The Hall–Kier alpha value is -2.68. The largest absolute Gasteiger partial charge is 0.493 e. The summed E-state index contributed by atoms with van der Waals surface area (Å²) < 4.78 is 18.4. The number of allylic oxidation sites excluding steroid dienone is 1. The average molecular weight is 461 g/mol. The molecule has 1 aromatic carbocycles. The second-order valence-corrected chi connectivity index (χ2v) is 8.60. The summed E-state index contributed by atoms with van der Waals surface area (Å²) in [4.78, 5) is 17.3. The molecule has 9 heteroatoms. The van der Waals surface area contributed by atoms with Crippen molar-refractivity contribution in [3.05, 3.63) is 35.0 Å². The van der Waals surface area contributed by atoms with Crippen LogP contribution < -0.4 is 14.8 Å². The van der Waals surface area contributed by atoms with Crippen LogP contribution in [0.4, 0.5) is 5.95 Å². The summed E-state index contributed by atoms with van der Waals surface area (Å²) in [7, 11) is 3.00. The molecule has 0 spiro atoms. The van der Waals surface area contributed by atoms with E-state index in [0.717, 1.165) is 37.0 Å². The molecule has 1 aromatic heterocycles. The number of carbonyl (C=O) groups excluding carboxylic acids is 1. The van der Waals surface area contributed by atoms with E-state index in [4.69, 9.17) is 14.2 Å². The molecule has 1 aliphatic rings. The van der Waals surface area contributed by atoms with Crippen molar-refractivity contribution in [1.82, 2.24) is 14.8 Å². The van der Waals surface area contributed by atoms with Gasteiger partial charge in [0.05, 0.1) is 26.4 Å². The van der Waals surface area contributed by atoms with Crippen LogP contribution in [0.15, 0.2) is 34.6 Å². The summed E-state index contributed by atoms with van der Waals surface area (Å²) in [5.74, 6) is 2.39. The number of methoxy groups -OCH3 is 2. The van der Waals surface area contributed by atoms with Gasteiger partial charge in [-0.1, -0.05) is 44.5 Å². The van der Waals surface area contributed by atoms with Crippen molar-refractivity contribution >= 4 is 23.7 Å². The van der Waals surface area contributed by atoms with Crippen LogP contribution >= 0.6 is 11.8 Å². The predicted molar refractivity (Wildman–Crippen MR) is 126 cm³/mol. The fraction of sp³-hybridized carbons (Fsp3) is 0.522. The van der Waals surface area contributed by atoms with Crippen LogP contribution in [0.2, 0.25) is 0 Å². The van der Waals surface area contributed by atoms with Gasteiger partial charge in [0.2, 0.25) is 11.1 Å². The monoisotopic (exact) mass is 460 g/mol. The smallest absolute Gasteiger partial charge is 0.338 e. The van der Waals surface area contributed by atoms with Crippen LogP contribution in [0.25, 0.3) is 0 Å². The first kappa shape index (κ1) is 24.0. The molecule has 1 N–H and O–H groups in total. The molecule has 0 radical (unpaired) electrons. The van der Waals surface area contributed by atoms with E-state index in [9.17, 15) is 4.79 Å². The van der Waals surface area contributed by atoms with Gasteiger partial charge < -0.3 is 19.5 Å². The maximum Gasteiger partial charge on any atom is 0.338 e. The van der Waals surface area contributed by atoms with Gasteiger partial charge in [0.1, 0.15) is 6.04 Å². The van der Waals surface area contributed by atoms with Gasteiger partial charge in [-0.3, -0.25) is 0 Å². The lowest BCUT2D eigenvalue weighted by Gasteiger charge is -2.28. The normalized spacial score (nSPS) is 15.2. The number of benzene rings is 1. The fourth-order valence-corrected chi connectivity index (χ4v) is 4.26. The van der Waals surface area contributed by atoms with Crippen molar-refractivity contribution < 1.29 is 19.0 Å². The van der Waals surface area contributed by atoms with E-state index in [1.54, 1.807) is 23.6 Å². The molecule has 3 rings (SSSR count). The van der Waals surface area contributed by atoms with E-state index in [2.05, 4.69) is 29.2 Å². The topological polar surface area (TPSA) is 87.5 Å². The number of fused-ring (bicyclic) bond motifs is 1. The van der Waals surface area contributed by atoms with Crippen LogP contribution in [-0.4, -0.2) is 47.3 Å². The lowest BCUT2D eigenvalue weighted by molar-refractivity contribution is -0.136. The molecule has 174 valence electrons. The summed E-state index contributed by atoms with van der Waals surface area (Å²) in [6, 6.07) is 5.22. The molecule has 1 atom stereocenters. The van der Waals surface area contributed by atoms with Crippen LogP contribution in [0.1, 0.15) is 58.1 Å². The van der Waals surface area contributed by atoms with Gasteiger partial charge in [0.15, 0.2) is 11.5 Å². The zero-order valence-corrected chi connectivity index (χ0v) is 20.3. The Morgan fingerprint density at radius 3 is 2.69 bits per heavy atom. The van der Waals surface area contributed by atoms with Crippen LogP contribution in [0.3, 0.4) is 0 Å². The summed E-state index contributed by atoms with van der Waals surface area (Å²) in [5, 5.41) is 8.56. The molecule has 8 nitrogen and oxygen atoms in total. The lowest BCUT2D eigenvalue weighted by atomic mass is 9.95. The minimum Gasteiger partial charge on any atom is -0.493 e. The maximum absolute atomic E-state index is 12.7. The molecule has 1 aliphatic heterocycles. The number of nitrogens with zero attached hydrogens (tertiary/aromatic N) is 3. The Bertz CT molecular complexity index is 973. The lowest BCUT2D eigenvalue weighted by Crippen LogP contribution is -2.29. The standard InChI is InChI=1S/C23H32N4O4S/c1-6-8-9-12-31-17-11-10-16(14-18(17)29-4)20-19(21(28)30-5)15(3)24-22-25-23(26-27(20)22)32-13-7-2/h10-11,14,20H,6-9,12-13H2,1-5H3,(H,24,25,26). The van der Waals surface area contributed by atoms with E-state index < -0.39 is 12.0 Å². The van der Waals surface area contributed by atoms with E-state index in [1.165, 1.54) is 7.11 Å². The number of rotatable bonds is 11. The third-order valence-corrected chi connectivity index (χ3v) is 6.23. The third-order valence-electron chi connectivity index (χ3n) is 5.18. The number of hydrogen-bond acceptors (Lipinski definition) is 8. The molecule has 0 aliphatic carbocycles. The Kier molecular flexibility index (Phi) is 8.44. The van der Waals surface area contributed by atoms with Crippen molar-refractivity contribution in [2.75, 3.05) is 31.9 Å². The van der Waals surface area contributed by atoms with Crippen molar-refractivity contribution in [3.63, 3.8) is 0 Å². The second-order valence-electron chi connectivity index (χ2n) is 7.53. The van der Waals surface area contributed by atoms with E-state index in [1.807, 2.05) is 25.1 Å². The Morgan fingerprint density at radius 1 is 1.19 bits per heavy atom. The van der Waals surface area contributed by atoms with Gasteiger partial charge in [-0.25, -0.2) is 9.48 Å². The van der Waals surface area contributed by atoms with Crippen molar-refractivity contribution in [3.8, 4) is 11.5 Å². The maximum atomic E-state index is 12.7. The highest BCUT2D eigenvalue weighted by molar-refractivity contribution is 7.99. The summed E-state index contributed by atoms with van der Waals surface area (Å²) in [6.45, 7) is 6.75. The molecule has 2 heterocycles. The second kappa shape index (κ2) is 11.3. The van der Waals surface area contributed by atoms with Crippen LogP contribution in [-0.2, 0) is 9.53 Å². The molecular formula is C23H32N4O4S. The molecule has 32 heavy (non-hydrogen) atoms. The van der Waals surface area contributed by atoms with Crippen molar-refractivity contribution in [1.29, 1.82) is 0 Å². The SMILES string of the molecule is CCCCCOc1ccc(C2C(C(=O)OC)=C(C)Nc3nc(SCCC)nn32)cc1OC. The number of ether oxygens (including phenoxy) is 3. The Labute approximate surface area is 193 Å². The summed E-state index contributed by atoms with van der Waals surface area (Å²) >= 11 is 1.59. The van der Waals surface area contributed by atoms with Gasteiger partial charge >= 0.3 is 5.97 Å². The first-order valence-electron chi connectivity index (χ1n) is 11.0. The number of unbranched alkanes of at least 4 members (excludes halogenated alkanes) is 2. The van der Waals surface area contributed by atoms with Gasteiger partial charge in [-0.05, 0) is 37.5 Å². The zero-order chi connectivity index (χ0) is 23.1. The molecule has 1 unspecified atom stereocenters. The third kappa shape index (κ3) is 5.20. The van der Waals surface area contributed by atoms with Gasteiger partial charge in [-0.2, -0.15) is 4.98 Å². The first-order chi connectivity index (χ1) is 15.5. The Balaban J connectivity index is 2.00. The van der Waals surface area contributed by atoms with Crippen molar-refractivity contribution in [2.45, 2.75) is 57.7 Å². The van der Waals surface area contributed by atoms with E-state index in [-0.39, 0.29) is 0 Å². The molecule has 0 amide bonds. The Morgan fingerprint density at radius 2 is 2.00 bits per heavy atom. The number of aromatic nitrogens is 3. The fourth-order valence-electron chi connectivity index (χ4n) is 3.58. The number of carbonyl (C=O) groups is 1. The molecule has 0 saturated heterocycles. The summed E-state index contributed by atoms with van der Waals surface area (Å²) in [6.07, 6.45) is 4.27. The zero-order valence-electron chi connectivity index (χ0n) is 19.4. The molecule has 0 bridgehead atoms. The van der Waals surface area contributed by atoms with E-state index in [0.29, 0.717) is 40.5 Å². The number of anilines is 1. The highest BCUT2D eigenvalue weighted by Gasteiger charge is 2.35. The average Bonchev–Trinajstić information content (AvgIpc) is 3.21. The minimum absolute atomic E-state index is 0.414. The molecule has 0 fully saturated rings. The van der Waals surface area contributed by atoms with Crippen LogP contribution in [0.5, 0.6) is 11.5 Å². The first-order valence-corrected chi connectivity index (χ1v) is 12.0. The highest BCUT2D eigenvalue weighted by atomic mass is 32.2.